The summed E-state index contributed by atoms with van der Waals surface area (Å²) >= 11 is 0. The molecular weight excluding hydrogens is 278 g/mol. The quantitative estimate of drug-likeness (QED) is 0.768. The number of carboxylic acids is 1. The topological polar surface area (TPSA) is 75.1 Å². The fourth-order valence-electron chi connectivity index (χ4n) is 2.07. The van der Waals surface area contributed by atoms with Gasteiger partial charge in [-0.2, -0.15) is 0 Å². The molecule has 0 aliphatic heterocycles. The Hall–Kier alpha value is -3.21. The van der Waals surface area contributed by atoms with E-state index in [2.05, 4.69) is 15.3 Å². The molecule has 2 N–H and O–H groups in total. The molecule has 0 saturated heterocycles. The number of aromatic carboxylic acids is 1. The largest absolute Gasteiger partial charge is 0.478 e. The SMILES string of the molecule is O=C(O)c1ccc(-c2cccc(Nc3ncccn3)c2)cc1. The van der Waals surface area contributed by atoms with Crippen molar-refractivity contribution in [1.82, 2.24) is 9.97 Å². The third-order valence-electron chi connectivity index (χ3n) is 3.15. The van der Waals surface area contributed by atoms with E-state index in [0.29, 0.717) is 5.95 Å². The molecule has 3 rings (SSSR count). The lowest BCUT2D eigenvalue weighted by Gasteiger charge is -2.07. The minimum absolute atomic E-state index is 0.274. The highest BCUT2D eigenvalue weighted by Crippen LogP contribution is 2.24. The summed E-state index contributed by atoms with van der Waals surface area (Å²) in [5, 5.41) is 12.1. The van der Waals surface area contributed by atoms with E-state index in [1.54, 1.807) is 42.7 Å². The average molecular weight is 291 g/mol. The number of nitrogens with zero attached hydrogens (tertiary/aromatic N) is 2. The molecular formula is C17H13N3O2. The molecule has 0 fully saturated rings. The van der Waals surface area contributed by atoms with Gasteiger partial charge in [0.15, 0.2) is 0 Å². The maximum absolute atomic E-state index is 10.9. The van der Waals surface area contributed by atoms with Crippen molar-refractivity contribution in [2.45, 2.75) is 0 Å². The van der Waals surface area contributed by atoms with Crippen molar-refractivity contribution < 1.29 is 9.90 Å². The van der Waals surface area contributed by atoms with Gasteiger partial charge in [0.1, 0.15) is 0 Å². The van der Waals surface area contributed by atoms with Crippen molar-refractivity contribution in [1.29, 1.82) is 0 Å². The fraction of sp³-hybridized carbons (Fsp3) is 0. The summed E-state index contributed by atoms with van der Waals surface area (Å²) in [4.78, 5) is 19.1. The first-order chi connectivity index (χ1) is 10.7. The van der Waals surface area contributed by atoms with E-state index >= 15 is 0 Å². The molecule has 22 heavy (non-hydrogen) atoms. The van der Waals surface area contributed by atoms with Crippen LogP contribution < -0.4 is 5.32 Å². The molecule has 2 aromatic carbocycles. The smallest absolute Gasteiger partial charge is 0.335 e. The molecule has 5 nitrogen and oxygen atoms in total. The summed E-state index contributed by atoms with van der Waals surface area (Å²) in [6.45, 7) is 0. The molecule has 0 unspecified atom stereocenters. The van der Waals surface area contributed by atoms with Gasteiger partial charge in [0.05, 0.1) is 5.56 Å². The highest BCUT2D eigenvalue weighted by Gasteiger charge is 2.04. The summed E-state index contributed by atoms with van der Waals surface area (Å²) in [5.74, 6) is -0.399. The number of rotatable bonds is 4. The Morgan fingerprint density at radius 2 is 1.64 bits per heavy atom. The minimum Gasteiger partial charge on any atom is -0.478 e. The van der Waals surface area contributed by atoms with Crippen LogP contribution in [0.3, 0.4) is 0 Å². The van der Waals surface area contributed by atoms with Crippen LogP contribution in [0.5, 0.6) is 0 Å². The lowest BCUT2D eigenvalue weighted by atomic mass is 10.0. The molecule has 0 aliphatic rings. The van der Waals surface area contributed by atoms with Gasteiger partial charge in [-0.25, -0.2) is 14.8 Å². The Morgan fingerprint density at radius 1 is 0.909 bits per heavy atom. The van der Waals surface area contributed by atoms with E-state index in [9.17, 15) is 4.79 Å². The first-order valence-electron chi connectivity index (χ1n) is 6.70. The zero-order chi connectivity index (χ0) is 15.4. The zero-order valence-corrected chi connectivity index (χ0v) is 11.6. The van der Waals surface area contributed by atoms with Crippen LogP contribution in [0.25, 0.3) is 11.1 Å². The summed E-state index contributed by atoms with van der Waals surface area (Å²) in [6, 6.07) is 16.3. The second-order valence-corrected chi connectivity index (χ2v) is 4.66. The number of hydrogen-bond donors (Lipinski definition) is 2. The molecule has 0 spiro atoms. The van der Waals surface area contributed by atoms with Gasteiger partial charge in [-0.15, -0.1) is 0 Å². The fourth-order valence-corrected chi connectivity index (χ4v) is 2.07. The van der Waals surface area contributed by atoms with E-state index in [1.165, 1.54) is 0 Å². The molecule has 108 valence electrons. The third kappa shape index (κ3) is 3.09. The van der Waals surface area contributed by atoms with Gasteiger partial charge in [-0.1, -0.05) is 24.3 Å². The lowest BCUT2D eigenvalue weighted by Crippen LogP contribution is -1.96. The highest BCUT2D eigenvalue weighted by atomic mass is 16.4. The highest BCUT2D eigenvalue weighted by molar-refractivity contribution is 5.88. The van der Waals surface area contributed by atoms with Gasteiger partial charge in [-0.3, -0.25) is 0 Å². The van der Waals surface area contributed by atoms with E-state index < -0.39 is 5.97 Å². The van der Waals surface area contributed by atoms with E-state index in [0.717, 1.165) is 16.8 Å². The Morgan fingerprint density at radius 3 is 2.32 bits per heavy atom. The van der Waals surface area contributed by atoms with Crippen LogP contribution >= 0.6 is 0 Å². The molecule has 0 radical (unpaired) electrons. The Bertz CT molecular complexity index is 787. The van der Waals surface area contributed by atoms with Gasteiger partial charge in [0.25, 0.3) is 0 Å². The summed E-state index contributed by atoms with van der Waals surface area (Å²) in [6.07, 6.45) is 3.34. The monoisotopic (exact) mass is 291 g/mol. The zero-order valence-electron chi connectivity index (χ0n) is 11.6. The van der Waals surface area contributed by atoms with Crippen LogP contribution in [0, 0.1) is 0 Å². The number of aromatic nitrogens is 2. The molecule has 0 atom stereocenters. The Balaban J connectivity index is 1.86. The molecule has 3 aromatic rings. The van der Waals surface area contributed by atoms with Gasteiger partial charge in [-0.05, 0) is 41.5 Å². The van der Waals surface area contributed by atoms with E-state index in [-0.39, 0.29) is 5.56 Å². The molecule has 1 aromatic heterocycles. The number of carbonyl (C=O) groups is 1. The van der Waals surface area contributed by atoms with Crippen molar-refractivity contribution >= 4 is 17.6 Å². The number of nitrogens with one attached hydrogen (secondary N) is 1. The van der Waals surface area contributed by atoms with Gasteiger partial charge in [0.2, 0.25) is 5.95 Å². The van der Waals surface area contributed by atoms with Crippen molar-refractivity contribution in [3.63, 3.8) is 0 Å². The first-order valence-corrected chi connectivity index (χ1v) is 6.70. The maximum Gasteiger partial charge on any atom is 0.335 e. The second kappa shape index (κ2) is 6.05. The van der Waals surface area contributed by atoms with Crippen LogP contribution in [-0.2, 0) is 0 Å². The molecule has 0 amide bonds. The summed E-state index contributed by atoms with van der Waals surface area (Å²) < 4.78 is 0. The maximum atomic E-state index is 10.9. The van der Waals surface area contributed by atoms with E-state index in [1.807, 2.05) is 24.3 Å². The Labute approximate surface area is 127 Å². The van der Waals surface area contributed by atoms with Crippen LogP contribution in [0.4, 0.5) is 11.6 Å². The van der Waals surface area contributed by atoms with Crippen LogP contribution in [0.1, 0.15) is 10.4 Å². The van der Waals surface area contributed by atoms with Crippen molar-refractivity contribution in [3.8, 4) is 11.1 Å². The third-order valence-corrected chi connectivity index (χ3v) is 3.15. The average Bonchev–Trinajstić information content (AvgIpc) is 2.56. The molecule has 0 aliphatic carbocycles. The molecule has 0 bridgehead atoms. The standard InChI is InChI=1S/C17H13N3O2/c21-16(22)13-7-5-12(6-8-13)14-3-1-4-15(11-14)20-17-18-9-2-10-19-17/h1-11H,(H,21,22)(H,18,19,20). The predicted octanol–water partition coefficient (Wildman–Crippen LogP) is 3.59. The predicted molar refractivity (Wildman–Crippen MR) is 84.2 cm³/mol. The number of benzene rings is 2. The van der Waals surface area contributed by atoms with Gasteiger partial charge >= 0.3 is 5.97 Å². The number of anilines is 2. The lowest BCUT2D eigenvalue weighted by molar-refractivity contribution is 0.0697. The van der Waals surface area contributed by atoms with Crippen molar-refractivity contribution in [3.05, 3.63) is 72.6 Å². The second-order valence-electron chi connectivity index (χ2n) is 4.66. The van der Waals surface area contributed by atoms with Gasteiger partial charge < -0.3 is 10.4 Å². The number of hydrogen-bond acceptors (Lipinski definition) is 4. The molecule has 5 heteroatoms. The van der Waals surface area contributed by atoms with Crippen LogP contribution in [-0.4, -0.2) is 21.0 Å². The van der Waals surface area contributed by atoms with Crippen molar-refractivity contribution in [2.24, 2.45) is 0 Å². The normalized spacial score (nSPS) is 10.2. The molecule has 0 saturated carbocycles. The van der Waals surface area contributed by atoms with Crippen molar-refractivity contribution in [2.75, 3.05) is 5.32 Å². The Kier molecular flexibility index (Phi) is 3.78. The van der Waals surface area contributed by atoms with E-state index in [4.69, 9.17) is 5.11 Å². The summed E-state index contributed by atoms with van der Waals surface area (Å²) in [5.41, 5.74) is 3.07. The summed E-state index contributed by atoms with van der Waals surface area (Å²) in [7, 11) is 0. The van der Waals surface area contributed by atoms with Crippen LogP contribution in [0.2, 0.25) is 0 Å². The minimum atomic E-state index is -0.928. The number of carboxylic acid groups (broad SMARTS) is 1. The first kappa shape index (κ1) is 13.8. The van der Waals surface area contributed by atoms with Crippen LogP contribution in [0.15, 0.2) is 67.0 Å². The molecule has 1 heterocycles. The van der Waals surface area contributed by atoms with Gasteiger partial charge in [0, 0.05) is 18.1 Å².